The van der Waals surface area contributed by atoms with Crippen molar-refractivity contribution in [2.24, 2.45) is 0 Å². The van der Waals surface area contributed by atoms with Gasteiger partial charge in [0.25, 0.3) is 5.91 Å². The van der Waals surface area contributed by atoms with E-state index >= 15 is 0 Å². The molecule has 0 bridgehead atoms. The van der Waals surface area contributed by atoms with Crippen LogP contribution < -0.4 is 5.32 Å². The van der Waals surface area contributed by atoms with Crippen molar-refractivity contribution in [3.8, 4) is 17.8 Å². The molecular weight excluding hydrogens is 428 g/mol. The molecule has 2 aromatic heterocycles. The summed E-state index contributed by atoms with van der Waals surface area (Å²) in [5, 5.41) is 22.8. The van der Waals surface area contributed by atoms with Gasteiger partial charge in [-0.15, -0.1) is 11.3 Å². The van der Waals surface area contributed by atoms with Gasteiger partial charge in [0.2, 0.25) is 0 Å². The summed E-state index contributed by atoms with van der Waals surface area (Å²) < 4.78 is 2.17. The van der Waals surface area contributed by atoms with Crippen molar-refractivity contribution < 1.29 is 4.79 Å². The predicted octanol–water partition coefficient (Wildman–Crippen LogP) is 6.07. The number of thiophene rings is 1. The van der Waals surface area contributed by atoms with E-state index in [-0.39, 0.29) is 5.57 Å². The van der Waals surface area contributed by atoms with E-state index in [1.54, 1.807) is 6.08 Å². The fourth-order valence-electron chi connectivity index (χ4n) is 4.68. The van der Waals surface area contributed by atoms with E-state index in [9.17, 15) is 15.3 Å². The van der Waals surface area contributed by atoms with E-state index in [2.05, 4.69) is 41.9 Å². The number of nitriles is 2. The van der Waals surface area contributed by atoms with Crippen LogP contribution in [0, 0.1) is 50.4 Å². The van der Waals surface area contributed by atoms with Gasteiger partial charge in [0.05, 0.1) is 11.3 Å². The average Bonchev–Trinajstić information content (AvgIpc) is 3.28. The van der Waals surface area contributed by atoms with E-state index in [1.165, 1.54) is 16.2 Å². The molecule has 0 unspecified atom stereocenters. The molecule has 0 atom stereocenters. The van der Waals surface area contributed by atoms with Gasteiger partial charge in [-0.1, -0.05) is 18.2 Å². The number of benzene rings is 1. The number of para-hydroxylation sites is 1. The fraction of sp³-hybridized carbons (Fsp3) is 0.296. The molecule has 2 heterocycles. The highest BCUT2D eigenvalue weighted by molar-refractivity contribution is 7.16. The van der Waals surface area contributed by atoms with Gasteiger partial charge in [0, 0.05) is 16.3 Å². The van der Waals surface area contributed by atoms with E-state index in [0.717, 1.165) is 65.0 Å². The lowest BCUT2D eigenvalue weighted by atomic mass is 9.96. The summed E-state index contributed by atoms with van der Waals surface area (Å²) in [5.41, 5.74) is 7.91. The number of amides is 1. The zero-order valence-electron chi connectivity index (χ0n) is 19.4. The van der Waals surface area contributed by atoms with Gasteiger partial charge >= 0.3 is 0 Å². The van der Waals surface area contributed by atoms with Crippen LogP contribution in [-0.4, -0.2) is 10.5 Å². The number of nitrogens with one attached hydrogen (secondary N) is 1. The number of fused-ring (bicyclic) bond motifs is 1. The SMILES string of the molecule is Cc1cccc(C)c1-n1c(C)cc(/C=C(\C#N)C(=O)Nc2sc3c(c2C#N)CCCC3)c1C. The van der Waals surface area contributed by atoms with Crippen molar-refractivity contribution in [3.63, 3.8) is 0 Å². The van der Waals surface area contributed by atoms with Crippen molar-refractivity contribution >= 4 is 28.3 Å². The Kier molecular flexibility index (Phi) is 6.22. The summed E-state index contributed by atoms with van der Waals surface area (Å²) in [4.78, 5) is 14.2. The number of carbonyl (C=O) groups is 1. The number of aryl methyl sites for hydroxylation is 4. The Morgan fingerprint density at radius 1 is 1.12 bits per heavy atom. The van der Waals surface area contributed by atoms with Crippen molar-refractivity contribution in [1.82, 2.24) is 4.57 Å². The second kappa shape index (κ2) is 9.10. The van der Waals surface area contributed by atoms with Gasteiger partial charge in [-0.2, -0.15) is 10.5 Å². The Labute approximate surface area is 198 Å². The molecule has 4 rings (SSSR count). The first kappa shape index (κ1) is 22.6. The van der Waals surface area contributed by atoms with E-state index in [0.29, 0.717) is 10.6 Å². The zero-order chi connectivity index (χ0) is 23.7. The average molecular weight is 455 g/mol. The van der Waals surface area contributed by atoms with E-state index < -0.39 is 5.91 Å². The minimum Gasteiger partial charge on any atom is -0.317 e. The number of hydrogen-bond donors (Lipinski definition) is 1. The molecule has 1 aliphatic carbocycles. The standard InChI is InChI=1S/C27H26N4OS/c1-16-8-7-9-17(2)25(16)31-18(3)12-20(19(31)4)13-21(14-28)26(32)30-27-23(15-29)22-10-5-6-11-24(22)33-27/h7-9,12-13H,5-6,10-11H2,1-4H3,(H,30,32)/b21-13+. The maximum Gasteiger partial charge on any atom is 0.266 e. The number of aromatic nitrogens is 1. The molecule has 6 heteroatoms. The molecule has 0 radical (unpaired) electrons. The minimum atomic E-state index is -0.482. The molecule has 5 nitrogen and oxygen atoms in total. The summed E-state index contributed by atoms with van der Waals surface area (Å²) in [6.45, 7) is 8.19. The molecule has 33 heavy (non-hydrogen) atoms. The minimum absolute atomic E-state index is 0.0204. The summed E-state index contributed by atoms with van der Waals surface area (Å²) in [7, 11) is 0. The lowest BCUT2D eigenvalue weighted by Crippen LogP contribution is -2.13. The van der Waals surface area contributed by atoms with Gasteiger partial charge in [-0.3, -0.25) is 4.79 Å². The first-order valence-corrected chi connectivity index (χ1v) is 11.9. The van der Waals surface area contributed by atoms with Crippen LogP contribution in [0.15, 0.2) is 29.8 Å². The van der Waals surface area contributed by atoms with Crippen molar-refractivity contribution in [2.75, 3.05) is 5.32 Å². The molecule has 3 aromatic rings. The van der Waals surface area contributed by atoms with Gasteiger partial charge in [0.1, 0.15) is 22.7 Å². The summed E-state index contributed by atoms with van der Waals surface area (Å²) >= 11 is 1.46. The molecule has 0 fully saturated rings. The molecular formula is C27H26N4OS. The smallest absolute Gasteiger partial charge is 0.266 e. The third kappa shape index (κ3) is 4.11. The summed E-state index contributed by atoms with van der Waals surface area (Å²) in [6.07, 6.45) is 5.61. The molecule has 0 aliphatic heterocycles. The second-order valence-corrected chi connectivity index (χ2v) is 9.66. The first-order chi connectivity index (χ1) is 15.8. The van der Waals surface area contributed by atoms with Crippen LogP contribution in [0.1, 0.15) is 56.9 Å². The monoisotopic (exact) mass is 454 g/mol. The lowest BCUT2D eigenvalue weighted by Gasteiger charge is -2.15. The molecule has 0 spiro atoms. The molecule has 0 saturated heterocycles. The van der Waals surface area contributed by atoms with Crippen LogP contribution in [-0.2, 0) is 17.6 Å². The van der Waals surface area contributed by atoms with Crippen LogP contribution in [0.5, 0.6) is 0 Å². The first-order valence-electron chi connectivity index (χ1n) is 11.1. The van der Waals surface area contributed by atoms with Crippen LogP contribution >= 0.6 is 11.3 Å². The van der Waals surface area contributed by atoms with E-state index in [4.69, 9.17) is 0 Å². The Morgan fingerprint density at radius 2 is 1.82 bits per heavy atom. The molecule has 1 amide bonds. The van der Waals surface area contributed by atoms with Gasteiger partial charge in [-0.05, 0) is 87.8 Å². The van der Waals surface area contributed by atoms with Crippen LogP contribution in [0.25, 0.3) is 11.8 Å². The number of hydrogen-bond acceptors (Lipinski definition) is 4. The highest BCUT2D eigenvalue weighted by Crippen LogP contribution is 2.38. The highest BCUT2D eigenvalue weighted by Gasteiger charge is 2.23. The third-order valence-corrected chi connectivity index (χ3v) is 7.52. The fourth-order valence-corrected chi connectivity index (χ4v) is 5.92. The maximum atomic E-state index is 13.0. The summed E-state index contributed by atoms with van der Waals surface area (Å²) in [6, 6.07) is 12.5. The predicted molar refractivity (Wildman–Crippen MR) is 133 cm³/mol. The quantitative estimate of drug-likeness (QED) is 0.384. The van der Waals surface area contributed by atoms with Crippen molar-refractivity contribution in [1.29, 1.82) is 10.5 Å². The Bertz CT molecular complexity index is 1350. The third-order valence-electron chi connectivity index (χ3n) is 6.31. The van der Waals surface area contributed by atoms with Crippen LogP contribution in [0.4, 0.5) is 5.00 Å². The maximum absolute atomic E-state index is 13.0. The number of anilines is 1. The normalized spacial score (nSPS) is 13.2. The van der Waals surface area contributed by atoms with Gasteiger partial charge in [-0.25, -0.2) is 0 Å². The number of nitrogens with zero attached hydrogens (tertiary/aromatic N) is 3. The largest absolute Gasteiger partial charge is 0.317 e. The van der Waals surface area contributed by atoms with Crippen LogP contribution in [0.2, 0.25) is 0 Å². The molecule has 1 aromatic carbocycles. The Morgan fingerprint density at radius 3 is 2.48 bits per heavy atom. The Balaban J connectivity index is 1.68. The second-order valence-electron chi connectivity index (χ2n) is 8.55. The zero-order valence-corrected chi connectivity index (χ0v) is 20.2. The molecule has 0 saturated carbocycles. The van der Waals surface area contributed by atoms with Crippen molar-refractivity contribution in [3.05, 3.63) is 73.9 Å². The van der Waals surface area contributed by atoms with Crippen molar-refractivity contribution in [2.45, 2.75) is 53.4 Å². The van der Waals surface area contributed by atoms with Crippen LogP contribution in [0.3, 0.4) is 0 Å². The highest BCUT2D eigenvalue weighted by atomic mass is 32.1. The van der Waals surface area contributed by atoms with Gasteiger partial charge in [0.15, 0.2) is 0 Å². The molecule has 1 aliphatic rings. The number of rotatable bonds is 4. The Hall–Kier alpha value is -3.61. The summed E-state index contributed by atoms with van der Waals surface area (Å²) in [5.74, 6) is -0.482. The molecule has 1 N–H and O–H groups in total. The van der Waals surface area contributed by atoms with Gasteiger partial charge < -0.3 is 9.88 Å². The van der Waals surface area contributed by atoms with E-state index in [1.807, 2.05) is 32.0 Å². The lowest BCUT2D eigenvalue weighted by molar-refractivity contribution is -0.112. The topological polar surface area (TPSA) is 81.6 Å². The number of carbonyl (C=O) groups excluding carboxylic acids is 1. The molecule has 166 valence electrons.